The van der Waals surface area contributed by atoms with Crippen molar-refractivity contribution in [2.24, 2.45) is 0 Å². The van der Waals surface area contributed by atoms with Crippen molar-refractivity contribution < 1.29 is 19.1 Å². The Morgan fingerprint density at radius 1 is 1.12 bits per heavy atom. The molecule has 1 heterocycles. The van der Waals surface area contributed by atoms with Crippen LogP contribution in [0.4, 0.5) is 16.2 Å². The van der Waals surface area contributed by atoms with Crippen LogP contribution in [0.25, 0.3) is 0 Å². The first-order chi connectivity index (χ1) is 11.9. The molecule has 3 amide bonds. The predicted molar refractivity (Wildman–Crippen MR) is 97.3 cm³/mol. The van der Waals surface area contributed by atoms with Gasteiger partial charge in [0.15, 0.2) is 0 Å². The number of hydrogen-bond acceptors (Lipinski definition) is 5. The Kier molecular flexibility index (Phi) is 6.13. The van der Waals surface area contributed by atoms with Crippen molar-refractivity contribution in [3.05, 3.63) is 46.2 Å². The van der Waals surface area contributed by atoms with Crippen molar-refractivity contribution in [3.63, 3.8) is 0 Å². The van der Waals surface area contributed by atoms with E-state index < -0.39 is 6.09 Å². The van der Waals surface area contributed by atoms with Crippen LogP contribution in [0.1, 0.15) is 14.5 Å². The molecule has 1 aromatic carbocycles. The largest absolute Gasteiger partial charge is 0.452 e. The number of carbonyl (C=O) groups is 3. The molecule has 2 rings (SSSR count). The number of aryl methyl sites for hydroxylation is 1. The van der Waals surface area contributed by atoms with Crippen LogP contribution in [0, 0.1) is 6.92 Å². The van der Waals surface area contributed by atoms with Gasteiger partial charge >= 0.3 is 6.09 Å². The SMILES string of the molecule is COC(=O)N(C)c1ccc(NC(=O)CNC(=O)c2ccc(C)s2)cc1. The molecule has 0 fully saturated rings. The summed E-state index contributed by atoms with van der Waals surface area (Å²) < 4.78 is 4.63. The molecule has 2 N–H and O–H groups in total. The predicted octanol–water partition coefficient (Wildman–Crippen LogP) is 2.63. The number of benzene rings is 1. The summed E-state index contributed by atoms with van der Waals surface area (Å²) in [6.45, 7) is 1.79. The molecular formula is C17H19N3O4S. The highest BCUT2D eigenvalue weighted by atomic mass is 32.1. The molecule has 0 saturated carbocycles. The maximum Gasteiger partial charge on any atom is 0.413 e. The zero-order valence-electron chi connectivity index (χ0n) is 14.2. The first-order valence-corrected chi connectivity index (χ1v) is 8.28. The molecule has 7 nitrogen and oxygen atoms in total. The Labute approximate surface area is 149 Å². The zero-order valence-corrected chi connectivity index (χ0v) is 15.0. The summed E-state index contributed by atoms with van der Waals surface area (Å²) >= 11 is 1.37. The van der Waals surface area contributed by atoms with Crippen LogP contribution in [0.2, 0.25) is 0 Å². The average Bonchev–Trinajstić information content (AvgIpc) is 3.05. The second kappa shape index (κ2) is 8.29. The summed E-state index contributed by atoms with van der Waals surface area (Å²) in [6, 6.07) is 10.3. The van der Waals surface area contributed by atoms with Gasteiger partial charge in [0.25, 0.3) is 5.91 Å². The summed E-state index contributed by atoms with van der Waals surface area (Å²) in [4.78, 5) is 38.2. The lowest BCUT2D eigenvalue weighted by molar-refractivity contribution is -0.115. The first kappa shape index (κ1) is 18.5. The van der Waals surface area contributed by atoms with E-state index in [1.165, 1.54) is 23.3 Å². The lowest BCUT2D eigenvalue weighted by Gasteiger charge is -2.16. The van der Waals surface area contributed by atoms with Crippen LogP contribution in [-0.4, -0.2) is 38.6 Å². The van der Waals surface area contributed by atoms with Crippen LogP contribution in [-0.2, 0) is 9.53 Å². The van der Waals surface area contributed by atoms with Gasteiger partial charge in [-0.3, -0.25) is 14.5 Å². The molecule has 0 aliphatic rings. The fourth-order valence-corrected chi connectivity index (χ4v) is 2.80. The van der Waals surface area contributed by atoms with Gasteiger partial charge < -0.3 is 15.4 Å². The van der Waals surface area contributed by atoms with Crippen LogP contribution in [0.5, 0.6) is 0 Å². The monoisotopic (exact) mass is 361 g/mol. The number of thiophene rings is 1. The number of anilines is 2. The van der Waals surface area contributed by atoms with E-state index in [0.717, 1.165) is 4.88 Å². The standard InChI is InChI=1S/C17H19N3O4S/c1-11-4-9-14(25-11)16(22)18-10-15(21)19-12-5-7-13(8-6-12)20(2)17(23)24-3/h4-9H,10H2,1-3H3,(H,18,22)(H,19,21). The molecule has 0 spiro atoms. The summed E-state index contributed by atoms with van der Waals surface area (Å²) in [7, 11) is 2.89. The smallest absolute Gasteiger partial charge is 0.413 e. The van der Waals surface area contributed by atoms with Gasteiger partial charge in [-0.25, -0.2) is 4.79 Å². The molecule has 0 unspecified atom stereocenters. The van der Waals surface area contributed by atoms with Gasteiger partial charge in [-0.15, -0.1) is 11.3 Å². The van der Waals surface area contributed by atoms with E-state index in [0.29, 0.717) is 16.3 Å². The Bertz CT molecular complexity index is 770. The molecule has 0 bridgehead atoms. The van der Waals surface area contributed by atoms with E-state index in [9.17, 15) is 14.4 Å². The third-order valence-corrected chi connectivity index (χ3v) is 4.36. The highest BCUT2D eigenvalue weighted by Crippen LogP contribution is 2.17. The summed E-state index contributed by atoms with van der Waals surface area (Å²) in [5, 5.41) is 5.25. The average molecular weight is 361 g/mol. The fraction of sp³-hybridized carbons (Fsp3) is 0.235. The summed E-state index contributed by atoms with van der Waals surface area (Å²) in [5.41, 5.74) is 1.19. The second-order valence-electron chi connectivity index (χ2n) is 5.22. The van der Waals surface area contributed by atoms with E-state index in [4.69, 9.17) is 0 Å². The molecule has 0 atom stereocenters. The lowest BCUT2D eigenvalue weighted by Crippen LogP contribution is -2.32. The minimum Gasteiger partial charge on any atom is -0.452 e. The Balaban J connectivity index is 1.86. The number of carbonyl (C=O) groups excluding carboxylic acids is 3. The number of ether oxygens (including phenoxy) is 1. The molecule has 0 radical (unpaired) electrons. The first-order valence-electron chi connectivity index (χ1n) is 7.47. The third-order valence-electron chi connectivity index (χ3n) is 3.36. The van der Waals surface area contributed by atoms with E-state index in [-0.39, 0.29) is 18.4 Å². The number of amides is 3. The van der Waals surface area contributed by atoms with Crippen LogP contribution in [0.3, 0.4) is 0 Å². The lowest BCUT2D eigenvalue weighted by atomic mass is 10.2. The molecular weight excluding hydrogens is 342 g/mol. The van der Waals surface area contributed by atoms with Crippen molar-refractivity contribution in [3.8, 4) is 0 Å². The maximum atomic E-state index is 11.9. The van der Waals surface area contributed by atoms with Gasteiger partial charge in [0.1, 0.15) is 0 Å². The van der Waals surface area contributed by atoms with E-state index in [1.54, 1.807) is 37.4 Å². The molecule has 0 aliphatic carbocycles. The second-order valence-corrected chi connectivity index (χ2v) is 6.50. The third kappa shape index (κ3) is 5.05. The number of rotatable bonds is 5. The van der Waals surface area contributed by atoms with Gasteiger partial charge in [-0.05, 0) is 43.3 Å². The fourth-order valence-electron chi connectivity index (χ4n) is 2.02. The van der Waals surface area contributed by atoms with Gasteiger partial charge in [-0.1, -0.05) is 0 Å². The van der Waals surface area contributed by atoms with Crippen molar-refractivity contribution in [1.82, 2.24) is 5.32 Å². The minimum atomic E-state index is -0.483. The molecule has 8 heteroatoms. The number of nitrogens with one attached hydrogen (secondary N) is 2. The van der Waals surface area contributed by atoms with E-state index in [1.807, 2.05) is 13.0 Å². The Morgan fingerprint density at radius 3 is 2.36 bits per heavy atom. The van der Waals surface area contributed by atoms with Crippen molar-refractivity contribution in [1.29, 1.82) is 0 Å². The highest BCUT2D eigenvalue weighted by Gasteiger charge is 2.12. The quantitative estimate of drug-likeness (QED) is 0.857. The van der Waals surface area contributed by atoms with Crippen LogP contribution >= 0.6 is 11.3 Å². The van der Waals surface area contributed by atoms with Crippen molar-refractivity contribution >= 4 is 40.6 Å². The molecule has 132 valence electrons. The topological polar surface area (TPSA) is 87.7 Å². The number of nitrogens with zero attached hydrogens (tertiary/aromatic N) is 1. The van der Waals surface area contributed by atoms with Gasteiger partial charge in [0, 0.05) is 23.3 Å². The molecule has 0 aliphatic heterocycles. The number of hydrogen-bond donors (Lipinski definition) is 2. The normalized spacial score (nSPS) is 10.0. The van der Waals surface area contributed by atoms with Crippen molar-refractivity contribution in [2.75, 3.05) is 30.9 Å². The van der Waals surface area contributed by atoms with Crippen LogP contribution in [0.15, 0.2) is 36.4 Å². The molecule has 2 aromatic rings. The summed E-state index contributed by atoms with van der Waals surface area (Å²) in [5.74, 6) is -0.612. The van der Waals surface area contributed by atoms with Gasteiger partial charge in [0.05, 0.1) is 18.5 Å². The highest BCUT2D eigenvalue weighted by molar-refractivity contribution is 7.13. The number of methoxy groups -OCH3 is 1. The van der Waals surface area contributed by atoms with Gasteiger partial charge in [0.2, 0.25) is 5.91 Å². The zero-order chi connectivity index (χ0) is 18.4. The molecule has 0 saturated heterocycles. The molecule has 25 heavy (non-hydrogen) atoms. The summed E-state index contributed by atoms with van der Waals surface area (Å²) in [6.07, 6.45) is -0.483. The van der Waals surface area contributed by atoms with Crippen molar-refractivity contribution in [2.45, 2.75) is 6.92 Å². The van der Waals surface area contributed by atoms with E-state index >= 15 is 0 Å². The minimum absolute atomic E-state index is 0.125. The van der Waals surface area contributed by atoms with E-state index in [2.05, 4.69) is 15.4 Å². The molecule has 1 aromatic heterocycles. The van der Waals surface area contributed by atoms with Crippen LogP contribution < -0.4 is 15.5 Å². The maximum absolute atomic E-state index is 11.9. The Hall–Kier alpha value is -2.87. The Morgan fingerprint density at radius 2 is 1.80 bits per heavy atom. The van der Waals surface area contributed by atoms with Gasteiger partial charge in [-0.2, -0.15) is 0 Å².